The van der Waals surface area contributed by atoms with Gasteiger partial charge in [-0.3, -0.25) is 9.59 Å². The van der Waals surface area contributed by atoms with Crippen LogP contribution in [0.25, 0.3) is 20.8 Å². The SMILES string of the molecule is CC(=O)c1c(C)[nH]c(C(=O)[C@@H](C)Nc2cccc(-c3nc4ccccc4s3)c2)c1C. The molecule has 1 atom stereocenters. The second-order valence-electron chi connectivity index (χ2n) is 7.48. The predicted octanol–water partition coefficient (Wildman–Crippen LogP) is 5.79. The third kappa shape index (κ3) is 3.66. The minimum Gasteiger partial charge on any atom is -0.375 e. The number of aryl methyl sites for hydroxylation is 1. The lowest BCUT2D eigenvalue weighted by atomic mass is 10.0. The number of hydrogen-bond donors (Lipinski definition) is 2. The number of anilines is 1. The molecule has 152 valence electrons. The van der Waals surface area contributed by atoms with Crippen molar-refractivity contribution in [1.82, 2.24) is 9.97 Å². The number of rotatable bonds is 6. The smallest absolute Gasteiger partial charge is 0.201 e. The molecule has 0 unspecified atom stereocenters. The van der Waals surface area contributed by atoms with Crippen molar-refractivity contribution in [3.8, 4) is 10.6 Å². The Labute approximate surface area is 179 Å². The molecule has 0 amide bonds. The molecule has 2 aromatic carbocycles. The van der Waals surface area contributed by atoms with Crippen molar-refractivity contribution in [3.63, 3.8) is 0 Å². The molecule has 2 aromatic heterocycles. The fourth-order valence-electron chi connectivity index (χ4n) is 3.79. The number of para-hydroxylation sites is 1. The highest BCUT2D eigenvalue weighted by molar-refractivity contribution is 7.21. The van der Waals surface area contributed by atoms with E-state index in [0.717, 1.165) is 32.2 Å². The summed E-state index contributed by atoms with van der Waals surface area (Å²) in [6.45, 7) is 6.98. The fourth-order valence-corrected chi connectivity index (χ4v) is 4.76. The van der Waals surface area contributed by atoms with Crippen molar-refractivity contribution in [2.24, 2.45) is 0 Å². The number of aromatic nitrogens is 2. The maximum absolute atomic E-state index is 13.0. The van der Waals surface area contributed by atoms with Gasteiger partial charge in [0.05, 0.1) is 22.0 Å². The van der Waals surface area contributed by atoms with Crippen molar-refractivity contribution in [2.75, 3.05) is 5.32 Å². The van der Waals surface area contributed by atoms with Crippen LogP contribution in [0.5, 0.6) is 0 Å². The Morgan fingerprint density at radius 3 is 2.57 bits per heavy atom. The van der Waals surface area contributed by atoms with E-state index in [0.29, 0.717) is 16.8 Å². The van der Waals surface area contributed by atoms with Crippen LogP contribution in [0.1, 0.15) is 46.0 Å². The van der Waals surface area contributed by atoms with Crippen LogP contribution >= 0.6 is 11.3 Å². The number of aromatic amines is 1. The van der Waals surface area contributed by atoms with Crippen molar-refractivity contribution in [2.45, 2.75) is 33.7 Å². The van der Waals surface area contributed by atoms with Crippen LogP contribution in [0.3, 0.4) is 0 Å². The molecule has 0 aliphatic rings. The summed E-state index contributed by atoms with van der Waals surface area (Å²) in [5.74, 6) is -0.113. The molecule has 0 saturated heterocycles. The third-order valence-electron chi connectivity index (χ3n) is 5.22. The lowest BCUT2D eigenvalue weighted by molar-refractivity contribution is 0.0970. The Kier molecular flexibility index (Phi) is 5.26. The molecule has 4 rings (SSSR count). The standard InChI is InChI=1S/C24H23N3O2S/c1-13-21(16(4)28)14(2)26-22(13)23(29)15(3)25-18-9-7-8-17(12-18)24-27-19-10-5-6-11-20(19)30-24/h5-12,15,25-26H,1-4H3/t15-/m1/s1. The van der Waals surface area contributed by atoms with E-state index in [1.165, 1.54) is 6.92 Å². The van der Waals surface area contributed by atoms with Crippen molar-refractivity contribution in [1.29, 1.82) is 0 Å². The van der Waals surface area contributed by atoms with Gasteiger partial charge in [-0.15, -0.1) is 11.3 Å². The highest BCUT2D eigenvalue weighted by Crippen LogP contribution is 2.31. The number of hydrogen-bond acceptors (Lipinski definition) is 5. The van der Waals surface area contributed by atoms with Gasteiger partial charge in [0.15, 0.2) is 5.78 Å². The molecule has 0 aliphatic heterocycles. The number of benzene rings is 2. The normalized spacial score (nSPS) is 12.1. The number of nitrogens with zero attached hydrogens (tertiary/aromatic N) is 1. The average molecular weight is 418 g/mol. The van der Waals surface area contributed by atoms with Crippen LogP contribution in [-0.4, -0.2) is 27.6 Å². The maximum Gasteiger partial charge on any atom is 0.201 e. The highest BCUT2D eigenvalue weighted by atomic mass is 32.1. The van der Waals surface area contributed by atoms with E-state index in [1.54, 1.807) is 11.3 Å². The van der Waals surface area contributed by atoms with Crippen molar-refractivity contribution in [3.05, 3.63) is 71.0 Å². The number of fused-ring (bicyclic) bond motifs is 1. The van der Waals surface area contributed by atoms with E-state index >= 15 is 0 Å². The highest BCUT2D eigenvalue weighted by Gasteiger charge is 2.23. The zero-order chi connectivity index (χ0) is 21.4. The molecule has 0 radical (unpaired) electrons. The predicted molar refractivity (Wildman–Crippen MR) is 123 cm³/mol. The summed E-state index contributed by atoms with van der Waals surface area (Å²) in [4.78, 5) is 32.7. The van der Waals surface area contributed by atoms with Crippen LogP contribution in [-0.2, 0) is 0 Å². The van der Waals surface area contributed by atoms with Gasteiger partial charge < -0.3 is 10.3 Å². The first kappa shape index (κ1) is 20.0. The van der Waals surface area contributed by atoms with E-state index in [1.807, 2.05) is 63.2 Å². The van der Waals surface area contributed by atoms with Crippen LogP contribution in [0.2, 0.25) is 0 Å². The Hall–Kier alpha value is -3.25. The van der Waals surface area contributed by atoms with Gasteiger partial charge in [-0.2, -0.15) is 0 Å². The molecule has 5 nitrogen and oxygen atoms in total. The lowest BCUT2D eigenvalue weighted by Gasteiger charge is -2.15. The van der Waals surface area contributed by atoms with Crippen LogP contribution in [0, 0.1) is 13.8 Å². The Morgan fingerprint density at radius 2 is 1.87 bits per heavy atom. The number of ketones is 2. The number of carbonyl (C=O) groups is 2. The zero-order valence-electron chi connectivity index (χ0n) is 17.4. The maximum atomic E-state index is 13.0. The zero-order valence-corrected chi connectivity index (χ0v) is 18.2. The van der Waals surface area contributed by atoms with Gasteiger partial charge in [-0.1, -0.05) is 24.3 Å². The molecule has 0 fully saturated rings. The minimum atomic E-state index is -0.452. The topological polar surface area (TPSA) is 74.8 Å². The molecular weight excluding hydrogens is 394 g/mol. The van der Waals surface area contributed by atoms with Crippen LogP contribution in [0.4, 0.5) is 5.69 Å². The average Bonchev–Trinajstić information content (AvgIpc) is 3.28. The van der Waals surface area contributed by atoms with Gasteiger partial charge in [-0.25, -0.2) is 4.98 Å². The van der Waals surface area contributed by atoms with E-state index in [-0.39, 0.29) is 11.6 Å². The van der Waals surface area contributed by atoms with E-state index in [2.05, 4.69) is 16.4 Å². The Bertz CT molecular complexity index is 1240. The van der Waals surface area contributed by atoms with E-state index in [9.17, 15) is 9.59 Å². The second kappa shape index (κ2) is 7.88. The number of H-pyrrole nitrogens is 1. The molecule has 30 heavy (non-hydrogen) atoms. The minimum absolute atomic E-state index is 0.0375. The van der Waals surface area contributed by atoms with Gasteiger partial charge in [-0.05, 0) is 57.5 Å². The molecule has 2 heterocycles. The second-order valence-corrected chi connectivity index (χ2v) is 8.51. The summed E-state index contributed by atoms with van der Waals surface area (Å²) in [6, 6.07) is 15.5. The van der Waals surface area contributed by atoms with Gasteiger partial charge in [0.2, 0.25) is 5.78 Å². The number of nitrogens with one attached hydrogen (secondary N) is 2. The van der Waals surface area contributed by atoms with Gasteiger partial charge >= 0.3 is 0 Å². The molecule has 0 saturated carbocycles. The monoisotopic (exact) mass is 417 g/mol. The third-order valence-corrected chi connectivity index (χ3v) is 6.30. The molecular formula is C24H23N3O2S. The number of thiazole rings is 1. The molecule has 2 N–H and O–H groups in total. The molecule has 0 spiro atoms. The molecule has 6 heteroatoms. The van der Waals surface area contributed by atoms with Crippen molar-refractivity contribution < 1.29 is 9.59 Å². The number of Topliss-reactive ketones (excluding diaryl/α,β-unsaturated/α-hetero) is 2. The Balaban J connectivity index is 1.57. The first-order chi connectivity index (χ1) is 14.3. The van der Waals surface area contributed by atoms with E-state index in [4.69, 9.17) is 4.98 Å². The quantitative estimate of drug-likeness (QED) is 0.389. The fraction of sp³-hybridized carbons (Fsp3) is 0.208. The first-order valence-electron chi connectivity index (χ1n) is 9.82. The molecule has 0 bridgehead atoms. The Morgan fingerprint density at radius 1 is 1.10 bits per heavy atom. The van der Waals surface area contributed by atoms with Crippen molar-refractivity contribution >= 4 is 38.8 Å². The summed E-state index contributed by atoms with van der Waals surface area (Å²) in [6.07, 6.45) is 0. The molecule has 4 aromatic rings. The summed E-state index contributed by atoms with van der Waals surface area (Å²) >= 11 is 1.65. The summed E-state index contributed by atoms with van der Waals surface area (Å²) < 4.78 is 1.15. The van der Waals surface area contributed by atoms with Crippen LogP contribution in [0.15, 0.2) is 48.5 Å². The lowest BCUT2D eigenvalue weighted by Crippen LogP contribution is -2.27. The first-order valence-corrected chi connectivity index (χ1v) is 10.6. The summed E-state index contributed by atoms with van der Waals surface area (Å²) in [5, 5.41) is 4.24. The summed E-state index contributed by atoms with van der Waals surface area (Å²) in [7, 11) is 0. The summed E-state index contributed by atoms with van der Waals surface area (Å²) in [5.41, 5.74) is 5.36. The van der Waals surface area contributed by atoms with Gasteiger partial charge in [0.1, 0.15) is 5.01 Å². The van der Waals surface area contributed by atoms with E-state index < -0.39 is 6.04 Å². The largest absolute Gasteiger partial charge is 0.375 e. The molecule has 0 aliphatic carbocycles. The van der Waals surface area contributed by atoms with Gasteiger partial charge in [0, 0.05) is 22.5 Å². The van der Waals surface area contributed by atoms with Crippen LogP contribution < -0.4 is 5.32 Å². The van der Waals surface area contributed by atoms with Gasteiger partial charge in [0.25, 0.3) is 0 Å². The number of carbonyl (C=O) groups excluding carboxylic acids is 2.